The Bertz CT molecular complexity index is 1230. The van der Waals surface area contributed by atoms with E-state index >= 15 is 0 Å². The lowest BCUT2D eigenvalue weighted by molar-refractivity contribution is -0.137. The van der Waals surface area contributed by atoms with Crippen LogP contribution in [0.1, 0.15) is 5.56 Å². The van der Waals surface area contributed by atoms with Crippen molar-refractivity contribution in [1.82, 2.24) is 14.8 Å². The molecule has 2 heterocycles. The van der Waals surface area contributed by atoms with Crippen LogP contribution in [0.3, 0.4) is 0 Å². The summed E-state index contributed by atoms with van der Waals surface area (Å²) in [7, 11) is 4.81. The molecule has 0 saturated heterocycles. The van der Waals surface area contributed by atoms with Gasteiger partial charge in [0.1, 0.15) is 0 Å². The highest BCUT2D eigenvalue weighted by Crippen LogP contribution is 2.39. The molecule has 5 nitrogen and oxygen atoms in total. The van der Waals surface area contributed by atoms with Crippen LogP contribution < -0.4 is 9.47 Å². The van der Waals surface area contributed by atoms with E-state index in [2.05, 4.69) is 10.1 Å². The Balaban J connectivity index is 2.03. The van der Waals surface area contributed by atoms with Crippen LogP contribution >= 0.6 is 0 Å². The van der Waals surface area contributed by atoms with Crippen LogP contribution in [0.4, 0.5) is 13.2 Å². The van der Waals surface area contributed by atoms with Gasteiger partial charge in [-0.15, -0.1) is 0 Å². The van der Waals surface area contributed by atoms with E-state index in [0.717, 1.165) is 17.7 Å². The number of hydrogen-bond donors (Lipinski definition) is 0. The molecule has 0 aliphatic carbocycles. The zero-order valence-electron chi connectivity index (χ0n) is 16.5. The molecule has 0 aliphatic heterocycles. The molecule has 2 aromatic heterocycles. The minimum atomic E-state index is -4.44. The zero-order valence-corrected chi connectivity index (χ0v) is 16.5. The van der Waals surface area contributed by atoms with Gasteiger partial charge in [-0.25, -0.2) is 4.98 Å². The van der Waals surface area contributed by atoms with Crippen LogP contribution in [0.5, 0.6) is 11.5 Å². The lowest BCUT2D eigenvalue weighted by Gasteiger charge is -2.14. The molecule has 0 unspecified atom stereocenters. The van der Waals surface area contributed by atoms with E-state index in [9.17, 15) is 13.2 Å². The SMILES string of the molecule is COc1cc2nc(-c3cnn(C)c3)cc(-c3cccc(C(F)(F)F)c3)c2cc1OC. The molecular formula is C22H18F3N3O2. The number of alkyl halides is 3. The summed E-state index contributed by atoms with van der Waals surface area (Å²) in [5.41, 5.74) is 2.23. The molecule has 0 aliphatic rings. The maximum absolute atomic E-state index is 13.3. The van der Waals surface area contributed by atoms with Crippen LogP contribution in [0.15, 0.2) is 54.9 Å². The second-order valence-electron chi connectivity index (χ2n) is 6.76. The van der Waals surface area contributed by atoms with Gasteiger partial charge in [0.15, 0.2) is 11.5 Å². The van der Waals surface area contributed by atoms with Gasteiger partial charge in [0.2, 0.25) is 0 Å². The van der Waals surface area contributed by atoms with Crippen molar-refractivity contribution in [2.75, 3.05) is 14.2 Å². The number of methoxy groups -OCH3 is 2. The van der Waals surface area contributed by atoms with Crippen molar-refractivity contribution in [2.24, 2.45) is 7.05 Å². The molecule has 8 heteroatoms. The third-order valence-corrected chi connectivity index (χ3v) is 4.82. The quantitative estimate of drug-likeness (QED) is 0.453. The number of aryl methyl sites for hydroxylation is 1. The first-order valence-electron chi connectivity index (χ1n) is 9.03. The van der Waals surface area contributed by atoms with Crippen molar-refractivity contribution in [3.05, 3.63) is 60.4 Å². The molecule has 0 fully saturated rings. The summed E-state index contributed by atoms with van der Waals surface area (Å²) in [6, 6.07) is 10.4. The Morgan fingerprint density at radius 1 is 0.933 bits per heavy atom. The number of benzene rings is 2. The molecule has 30 heavy (non-hydrogen) atoms. The average Bonchev–Trinajstić information content (AvgIpc) is 3.17. The normalized spacial score (nSPS) is 11.7. The van der Waals surface area contributed by atoms with E-state index < -0.39 is 11.7 Å². The first kappa shape index (κ1) is 19.8. The summed E-state index contributed by atoms with van der Waals surface area (Å²) in [5.74, 6) is 0.949. The summed E-state index contributed by atoms with van der Waals surface area (Å²) in [6.45, 7) is 0. The van der Waals surface area contributed by atoms with Gasteiger partial charge in [-0.1, -0.05) is 12.1 Å². The third-order valence-electron chi connectivity index (χ3n) is 4.82. The minimum absolute atomic E-state index is 0.426. The maximum atomic E-state index is 13.3. The zero-order chi connectivity index (χ0) is 21.5. The number of aromatic nitrogens is 3. The van der Waals surface area contributed by atoms with Gasteiger partial charge in [0.25, 0.3) is 0 Å². The molecule has 0 amide bonds. The molecule has 0 spiro atoms. The molecule has 0 saturated carbocycles. The van der Waals surface area contributed by atoms with E-state index in [1.165, 1.54) is 20.3 Å². The topological polar surface area (TPSA) is 49.2 Å². The molecule has 0 atom stereocenters. The summed E-state index contributed by atoms with van der Waals surface area (Å²) < 4.78 is 52.3. The van der Waals surface area contributed by atoms with E-state index in [1.54, 1.807) is 48.4 Å². The number of pyridine rings is 1. The second-order valence-corrected chi connectivity index (χ2v) is 6.76. The van der Waals surface area contributed by atoms with Gasteiger partial charge in [-0.2, -0.15) is 18.3 Å². The first-order valence-corrected chi connectivity index (χ1v) is 9.03. The number of nitrogens with zero attached hydrogens (tertiary/aromatic N) is 3. The summed E-state index contributed by atoms with van der Waals surface area (Å²) >= 11 is 0. The fraction of sp³-hybridized carbons (Fsp3) is 0.182. The molecule has 0 N–H and O–H groups in total. The van der Waals surface area contributed by atoms with Crippen LogP contribution in [0.2, 0.25) is 0 Å². The smallest absolute Gasteiger partial charge is 0.416 e. The van der Waals surface area contributed by atoms with Crippen molar-refractivity contribution in [3.63, 3.8) is 0 Å². The Hall–Kier alpha value is -3.55. The molecule has 4 aromatic rings. The molecule has 4 rings (SSSR count). The molecule has 0 radical (unpaired) electrons. The fourth-order valence-electron chi connectivity index (χ4n) is 3.36. The lowest BCUT2D eigenvalue weighted by atomic mass is 9.97. The Kier molecular flexibility index (Phi) is 4.85. The predicted octanol–water partition coefficient (Wildman–Crippen LogP) is 5.34. The Morgan fingerprint density at radius 2 is 1.67 bits per heavy atom. The highest BCUT2D eigenvalue weighted by atomic mass is 19.4. The van der Waals surface area contributed by atoms with Gasteiger partial charge >= 0.3 is 6.18 Å². The van der Waals surface area contributed by atoms with E-state index in [-0.39, 0.29) is 0 Å². The molecular weight excluding hydrogens is 395 g/mol. The molecule has 0 bridgehead atoms. The van der Waals surface area contributed by atoms with Crippen molar-refractivity contribution in [3.8, 4) is 33.9 Å². The number of hydrogen-bond acceptors (Lipinski definition) is 4. The van der Waals surface area contributed by atoms with Crippen LogP contribution in [0, 0.1) is 0 Å². The van der Waals surface area contributed by atoms with Gasteiger partial charge in [0.05, 0.1) is 37.2 Å². The average molecular weight is 413 g/mol. The second kappa shape index (κ2) is 7.37. The maximum Gasteiger partial charge on any atom is 0.416 e. The molecule has 154 valence electrons. The van der Waals surface area contributed by atoms with Gasteiger partial charge in [-0.3, -0.25) is 4.68 Å². The van der Waals surface area contributed by atoms with E-state index in [1.807, 2.05) is 0 Å². The monoisotopic (exact) mass is 413 g/mol. The number of halogens is 3. The lowest BCUT2D eigenvalue weighted by Crippen LogP contribution is -2.04. The van der Waals surface area contributed by atoms with Crippen molar-refractivity contribution in [2.45, 2.75) is 6.18 Å². The first-order chi connectivity index (χ1) is 14.3. The minimum Gasteiger partial charge on any atom is -0.493 e. The van der Waals surface area contributed by atoms with Crippen molar-refractivity contribution < 1.29 is 22.6 Å². The highest BCUT2D eigenvalue weighted by molar-refractivity contribution is 5.98. The fourth-order valence-corrected chi connectivity index (χ4v) is 3.36. The van der Waals surface area contributed by atoms with Crippen LogP contribution in [-0.4, -0.2) is 29.0 Å². The van der Waals surface area contributed by atoms with Crippen molar-refractivity contribution >= 4 is 10.9 Å². The van der Waals surface area contributed by atoms with Crippen LogP contribution in [-0.2, 0) is 13.2 Å². The summed E-state index contributed by atoms with van der Waals surface area (Å²) in [5, 5.41) is 4.82. The van der Waals surface area contributed by atoms with E-state index in [0.29, 0.717) is 39.2 Å². The van der Waals surface area contributed by atoms with Crippen LogP contribution in [0.25, 0.3) is 33.3 Å². The predicted molar refractivity (Wildman–Crippen MR) is 107 cm³/mol. The van der Waals surface area contributed by atoms with Crippen molar-refractivity contribution in [1.29, 1.82) is 0 Å². The summed E-state index contributed by atoms with van der Waals surface area (Å²) in [6.07, 6.45) is -0.985. The Morgan fingerprint density at radius 3 is 2.30 bits per heavy atom. The molecule has 2 aromatic carbocycles. The number of rotatable bonds is 4. The van der Waals surface area contributed by atoms with Gasteiger partial charge in [0, 0.05) is 30.3 Å². The van der Waals surface area contributed by atoms with Gasteiger partial charge in [-0.05, 0) is 35.4 Å². The Labute approximate surface area is 170 Å². The van der Waals surface area contributed by atoms with Gasteiger partial charge < -0.3 is 9.47 Å². The summed E-state index contributed by atoms with van der Waals surface area (Å²) in [4.78, 5) is 4.69. The highest BCUT2D eigenvalue weighted by Gasteiger charge is 2.30. The van der Waals surface area contributed by atoms with E-state index in [4.69, 9.17) is 9.47 Å². The number of ether oxygens (including phenoxy) is 2. The largest absolute Gasteiger partial charge is 0.493 e. The third kappa shape index (κ3) is 3.56. The number of fused-ring (bicyclic) bond motifs is 1. The standard InChI is InChI=1S/C22H18F3N3O2/c1-28-12-14(11-26-28)18-8-16(13-5-4-6-15(7-13)22(23,24)25)17-9-20(29-2)21(30-3)10-19(17)27-18/h4-12H,1-3H3.